The topological polar surface area (TPSA) is 504 Å². The molecule has 7 aromatic rings. The molecule has 0 bridgehead atoms. The summed E-state index contributed by atoms with van der Waals surface area (Å²) in [5, 5.41) is 54.1. The minimum atomic E-state index is -4.67. The Hall–Kier alpha value is -6.29. The monoisotopic (exact) mass is 1740 g/mol. The van der Waals surface area contributed by atoms with E-state index in [4.69, 9.17) is 87.2 Å². The quantitative estimate of drug-likeness (QED) is 0.0115. The third-order valence-electron chi connectivity index (χ3n) is 11.6. The molecule has 585 valence electrons. The Morgan fingerprint density at radius 1 is 0.585 bits per heavy atom. The van der Waals surface area contributed by atoms with Gasteiger partial charge >= 0.3 is 92.2 Å². The third kappa shape index (κ3) is 77.3. The smallest absolute Gasteiger partial charge is 1.00 e. The van der Waals surface area contributed by atoms with Gasteiger partial charge < -0.3 is 84.0 Å². The van der Waals surface area contributed by atoms with Crippen LogP contribution in [0, 0.1) is 5.82 Å². The Labute approximate surface area is 680 Å². The molecule has 1 aliphatic rings. The first-order chi connectivity index (χ1) is 48.2. The summed E-state index contributed by atoms with van der Waals surface area (Å²) >= 11 is -3.00. The molecule has 0 amide bonds. The number of rotatable bonds is 16. The molecule has 1 aliphatic heterocycles. The van der Waals surface area contributed by atoms with Crippen LogP contribution >= 0.6 is 0 Å². The van der Waals surface area contributed by atoms with Gasteiger partial charge in [0.2, 0.25) is 0 Å². The van der Waals surface area contributed by atoms with Gasteiger partial charge in [0.25, 0.3) is 0 Å². The number of aldehydes is 2. The number of nitrogens with two attached hydrogens (primary N) is 1. The molecule has 5 atom stereocenters. The van der Waals surface area contributed by atoms with Crippen LogP contribution in [0.2, 0.25) is 0 Å². The fourth-order valence-corrected chi connectivity index (χ4v) is 6.37. The first-order valence-corrected chi connectivity index (χ1v) is 37.2. The van der Waals surface area contributed by atoms with Gasteiger partial charge in [0.1, 0.15) is 36.6 Å². The van der Waals surface area contributed by atoms with Crippen LogP contribution in [0.4, 0.5) is 4.39 Å². The van der Waals surface area contributed by atoms with Gasteiger partial charge in [-0.3, -0.25) is 18.7 Å². The number of carbonyl (C=O) groups is 4. The maximum absolute atomic E-state index is 12.1. The molecule has 38 heteroatoms. The van der Waals surface area contributed by atoms with Gasteiger partial charge in [-0.1, -0.05) is 216 Å². The third-order valence-corrected chi connectivity index (χ3v) is 12.1. The van der Waals surface area contributed by atoms with Crippen molar-refractivity contribution >= 4 is 111 Å². The Balaban J connectivity index is -0.000000120. The van der Waals surface area contributed by atoms with E-state index < -0.39 is 91.5 Å². The van der Waals surface area contributed by atoms with Crippen molar-refractivity contribution in [3.05, 3.63) is 249 Å². The second-order valence-electron chi connectivity index (χ2n) is 19.5. The molecule has 12 N–H and O–H groups in total. The molecule has 0 spiro atoms. The molecule has 1 saturated heterocycles. The maximum atomic E-state index is 12.1. The number of benzene rings is 7. The molecule has 1 heterocycles. The minimum Gasteiger partial charge on any atom is -1.00 e. The summed E-state index contributed by atoms with van der Waals surface area (Å²) in [6.07, 6.45) is 9.84. The van der Waals surface area contributed by atoms with Gasteiger partial charge in [0.15, 0.2) is 6.10 Å². The Kier molecular flexibility index (Phi) is 92.5. The van der Waals surface area contributed by atoms with Gasteiger partial charge in [0.05, 0.1) is 50.6 Å². The molecular formula is C68H93BFIN2NaO25S7. The predicted molar refractivity (Wildman–Crippen MR) is 398 cm³/mol. The van der Waals surface area contributed by atoms with Crippen LogP contribution in [-0.4, -0.2) is 154 Å². The second kappa shape index (κ2) is 81.2. The van der Waals surface area contributed by atoms with Crippen molar-refractivity contribution in [2.45, 2.75) is 98.1 Å². The predicted octanol–water partition coefficient (Wildman–Crippen LogP) is -0.201. The molecule has 27 nitrogen and oxygen atoms in total. The summed E-state index contributed by atoms with van der Waals surface area (Å²) in [6, 6.07) is 54.1. The number of epoxide rings is 1. The number of quaternary nitrogens is 1. The number of aliphatic carboxylic acids is 2. The fraction of sp³-hybridized carbons (Fsp3) is 0.324. The van der Waals surface area contributed by atoms with Gasteiger partial charge in [-0.05, 0) is 105 Å². The summed E-state index contributed by atoms with van der Waals surface area (Å²) in [5.41, 5.74) is 20.2. The standard InChI is InChI=1S/2C10H15NO.C10H12O.C9H10O.2C8H8O3.C7H5FO.C3H9S.C2H5O2S.CH4.B.HI.Na.H2O4S.4O2S/c2*1-2-8-3-5-9(6-4-8)10(11)7-12;1-2-8-3-5-9(6-4-8)10-7-11-10;1-2-8-3-5-9(7-10)6-4-8;2*9-7(8(10)11)6-4-2-1-3-5-6;8-7-3-1-6(5-9)2-4-7;1-4(2)3;1-2-5(3)4;;;;;1-5(2,3)4;4*1-3-2/h2*3-6,10,12H,2,7,11H2,1H3;3-6,10H,2,7H2,1H3;3-7H,2H2,1H3;2*1-5,7,9H,(H,10,11);1-5H;1-3H3;2H2,1H3;1H4;;1H;;(H2,1,2,3,4);;;;/q;;;;;;;+1;-1;;;;+1;;;;;/p-1/t10-;;;;2*7-;;;;;;;;;;;;/m0...11............/s1. The van der Waals surface area contributed by atoms with Crippen LogP contribution in [0.1, 0.15) is 143 Å². The van der Waals surface area contributed by atoms with Crippen LogP contribution in [0.25, 0.3) is 0 Å². The summed E-state index contributed by atoms with van der Waals surface area (Å²) in [6.45, 7) is 11.1. The van der Waals surface area contributed by atoms with Crippen LogP contribution in [-0.2, 0) is 127 Å². The number of carboxylic acid groups (broad SMARTS) is 2. The fourth-order valence-electron chi connectivity index (χ4n) is 6.37. The number of aliphatic hydroxyl groups excluding tert-OH is 4. The summed E-state index contributed by atoms with van der Waals surface area (Å²) < 4.78 is 134. The zero-order valence-corrected chi connectivity index (χ0v) is 68.8. The molecule has 0 saturated carbocycles. The number of hydrogen-bond donors (Lipinski definition) is 9. The molecule has 7 aromatic carbocycles. The number of aliphatic hydroxyl groups is 4. The van der Waals surface area contributed by atoms with E-state index in [-0.39, 0.29) is 106 Å². The zero-order chi connectivity index (χ0) is 79.4. The van der Waals surface area contributed by atoms with E-state index in [2.05, 4.69) is 88.6 Å². The van der Waals surface area contributed by atoms with Crippen LogP contribution in [0.5, 0.6) is 0 Å². The minimum absolute atomic E-state index is 0. The van der Waals surface area contributed by atoms with E-state index in [0.717, 1.165) is 55.3 Å². The Morgan fingerprint density at radius 3 is 1.08 bits per heavy atom. The van der Waals surface area contributed by atoms with Crippen molar-refractivity contribution in [2.75, 3.05) is 44.3 Å². The van der Waals surface area contributed by atoms with Crippen molar-refractivity contribution in [1.29, 1.82) is 0 Å². The van der Waals surface area contributed by atoms with Gasteiger partial charge in [-0.25, -0.2) is 9.18 Å². The zero-order valence-electron chi connectivity index (χ0n) is 59.0. The van der Waals surface area contributed by atoms with E-state index >= 15 is 0 Å². The van der Waals surface area contributed by atoms with Gasteiger partial charge in [-0.15, -0.1) is 0 Å². The van der Waals surface area contributed by atoms with E-state index in [0.29, 0.717) is 40.0 Å². The average Bonchev–Trinajstić information content (AvgIpc) is 1.74. The van der Waals surface area contributed by atoms with E-state index in [9.17, 15) is 37.1 Å². The number of carboxylic acids is 2. The van der Waals surface area contributed by atoms with Crippen LogP contribution in [0.15, 0.2) is 182 Å². The average molecular weight is 1740 g/mol. The molecule has 2 unspecified atom stereocenters. The summed E-state index contributed by atoms with van der Waals surface area (Å²) in [4.78, 5) is 40.6. The van der Waals surface area contributed by atoms with Crippen LogP contribution < -0.4 is 70.1 Å². The molecule has 0 aliphatic carbocycles. The maximum Gasteiger partial charge on any atom is 1.00 e. The molecule has 106 heavy (non-hydrogen) atoms. The van der Waals surface area contributed by atoms with Crippen molar-refractivity contribution in [1.82, 2.24) is 0 Å². The number of halogens is 2. The van der Waals surface area contributed by atoms with Gasteiger partial charge in [-0.2, -0.15) is 42.1 Å². The Bertz CT molecular complexity index is 3470. The van der Waals surface area contributed by atoms with E-state index in [1.54, 1.807) is 55.5 Å². The SMILES string of the molecule is C.CC[S-](=O)=O.CCc1ccc(C(N)CO)cc1.CCc1ccc(C2CO2)cc1.CCc1ccc(C=O)cc1.CCc1ccc([C@@H]([NH3+])CO)cc1.C[S+](C)C.O=C(O)[C@H](O)c1ccccc1.O=C([O-])[C@H](O)c1ccccc1.O=Cc1ccc(F)cc1.O=S(=O)(O)O.O=S=O.O=S=O.O=S=O.O=S=O.[B].[I-].[Na+]. The Morgan fingerprint density at radius 2 is 0.849 bits per heavy atom. The largest absolute Gasteiger partial charge is 1.00 e. The van der Waals surface area contributed by atoms with Crippen molar-refractivity contribution in [3.8, 4) is 0 Å². The first kappa shape index (κ1) is 121. The van der Waals surface area contributed by atoms with Crippen molar-refractivity contribution in [3.63, 3.8) is 0 Å². The molecule has 1 fully saturated rings. The van der Waals surface area contributed by atoms with E-state index in [1.807, 2.05) is 60.7 Å². The van der Waals surface area contributed by atoms with Crippen LogP contribution in [0.3, 0.4) is 0 Å². The molecule has 8 rings (SSSR count). The van der Waals surface area contributed by atoms with Gasteiger partial charge in [0, 0.05) is 25.1 Å². The number of ether oxygens (including phenoxy) is 1. The second-order valence-corrected chi connectivity index (χ2v) is 24.6. The number of hydrogen-bond acceptors (Lipinski definition) is 24. The summed E-state index contributed by atoms with van der Waals surface area (Å²) in [5.74, 6) is -2.80. The summed E-state index contributed by atoms with van der Waals surface area (Å²) in [7, 11) is -5.85. The molecular weight excluding hydrogens is 1650 g/mol. The number of aryl methyl sites for hydroxylation is 4. The molecule has 3 radical (unpaired) electrons. The first-order valence-electron chi connectivity index (χ1n) is 29.5. The van der Waals surface area contributed by atoms with Crippen molar-refractivity contribution < 1.29 is 178 Å². The number of carbonyl (C=O) groups excluding carboxylic acids is 3. The van der Waals surface area contributed by atoms with E-state index in [1.165, 1.54) is 64.2 Å². The van der Waals surface area contributed by atoms with Crippen molar-refractivity contribution in [2.24, 2.45) is 5.73 Å². The molecule has 0 aromatic heterocycles. The normalized spacial score (nSPS) is 11.2.